The van der Waals surface area contributed by atoms with Crippen molar-refractivity contribution in [3.8, 4) is 0 Å². The first-order chi connectivity index (χ1) is 9.99. The summed E-state index contributed by atoms with van der Waals surface area (Å²) in [6.45, 7) is 13.7. The van der Waals surface area contributed by atoms with Crippen LogP contribution in [0.15, 0.2) is 12.7 Å². The molecule has 1 aliphatic carbocycles. The highest BCUT2D eigenvalue weighted by atomic mass is 35.5. The molecule has 1 aliphatic rings. The lowest BCUT2D eigenvalue weighted by Gasteiger charge is -2.38. The Morgan fingerprint density at radius 2 is 1.71 bits per heavy atom. The van der Waals surface area contributed by atoms with Gasteiger partial charge in [-0.25, -0.2) is 0 Å². The lowest BCUT2D eigenvalue weighted by molar-refractivity contribution is 0.157. The molecular weight excluding hydrogens is 276 g/mol. The number of rotatable bonds is 9. The zero-order valence-electron chi connectivity index (χ0n) is 14.8. The molecule has 1 heteroatoms. The van der Waals surface area contributed by atoms with Gasteiger partial charge in [-0.2, -0.15) is 0 Å². The van der Waals surface area contributed by atoms with E-state index in [1.165, 1.54) is 51.4 Å². The van der Waals surface area contributed by atoms with Crippen LogP contribution in [0.25, 0.3) is 0 Å². The van der Waals surface area contributed by atoms with Gasteiger partial charge in [0.15, 0.2) is 0 Å². The molecule has 21 heavy (non-hydrogen) atoms. The van der Waals surface area contributed by atoms with Gasteiger partial charge in [0.05, 0.1) is 0 Å². The maximum absolute atomic E-state index is 6.28. The van der Waals surface area contributed by atoms with Crippen molar-refractivity contribution in [2.45, 2.75) is 84.4 Å². The average molecular weight is 313 g/mol. The maximum Gasteiger partial charge on any atom is 0.0336 e. The minimum Gasteiger partial charge on any atom is -0.123 e. The molecule has 1 rings (SSSR count). The van der Waals surface area contributed by atoms with Crippen molar-refractivity contribution in [2.75, 3.05) is 0 Å². The van der Waals surface area contributed by atoms with Crippen LogP contribution in [0, 0.1) is 29.6 Å². The number of halogens is 1. The van der Waals surface area contributed by atoms with E-state index >= 15 is 0 Å². The molecule has 124 valence electrons. The summed E-state index contributed by atoms with van der Waals surface area (Å²) in [7, 11) is 0. The minimum absolute atomic E-state index is 0.435. The molecule has 0 N–H and O–H groups in total. The van der Waals surface area contributed by atoms with Gasteiger partial charge in [0.25, 0.3) is 0 Å². The predicted octanol–water partition coefficient (Wildman–Crippen LogP) is 7.07. The van der Waals surface area contributed by atoms with Crippen molar-refractivity contribution < 1.29 is 0 Å². The fourth-order valence-electron chi connectivity index (χ4n) is 4.30. The molecule has 1 fully saturated rings. The van der Waals surface area contributed by atoms with Crippen LogP contribution in [0.5, 0.6) is 0 Å². The van der Waals surface area contributed by atoms with Crippen LogP contribution in [0.4, 0.5) is 0 Å². The van der Waals surface area contributed by atoms with Crippen molar-refractivity contribution >= 4 is 11.6 Å². The standard InChI is InChI=1S/C20H37Cl/c1-6-19(16(5)10-8-9-15(3)4)20(7-2)17-11-13-18(21)14-12-17/h6,15-20H,1,7-14H2,2-5H3/t16-,17?,18?,19?,20?/m1/s1. The second-order valence-corrected chi connectivity index (χ2v) is 8.32. The summed E-state index contributed by atoms with van der Waals surface area (Å²) in [6.07, 6.45) is 12.7. The van der Waals surface area contributed by atoms with Gasteiger partial charge < -0.3 is 0 Å². The highest BCUT2D eigenvalue weighted by Crippen LogP contribution is 2.41. The molecule has 0 nitrogen and oxygen atoms in total. The van der Waals surface area contributed by atoms with E-state index in [0.29, 0.717) is 11.3 Å². The van der Waals surface area contributed by atoms with Gasteiger partial charge in [0.1, 0.15) is 0 Å². The summed E-state index contributed by atoms with van der Waals surface area (Å²) in [5.41, 5.74) is 0. The molecule has 2 unspecified atom stereocenters. The molecule has 0 saturated heterocycles. The summed E-state index contributed by atoms with van der Waals surface area (Å²) in [6, 6.07) is 0. The van der Waals surface area contributed by atoms with E-state index in [2.05, 4.69) is 40.3 Å². The second kappa shape index (κ2) is 9.93. The molecule has 0 radical (unpaired) electrons. The quantitative estimate of drug-likeness (QED) is 0.315. The Bertz CT molecular complexity index is 276. The fraction of sp³-hybridized carbons (Fsp3) is 0.900. The Morgan fingerprint density at radius 3 is 2.19 bits per heavy atom. The van der Waals surface area contributed by atoms with Gasteiger partial charge in [0.2, 0.25) is 0 Å². The molecule has 3 atom stereocenters. The lowest BCUT2D eigenvalue weighted by Crippen LogP contribution is -2.29. The SMILES string of the molecule is C=CC(C(CC)C1CCC(Cl)CC1)[C@H](C)CCCC(C)C. The van der Waals surface area contributed by atoms with Crippen molar-refractivity contribution in [3.05, 3.63) is 12.7 Å². The summed E-state index contributed by atoms with van der Waals surface area (Å²) in [4.78, 5) is 0. The topological polar surface area (TPSA) is 0 Å². The molecule has 0 aromatic rings. The van der Waals surface area contributed by atoms with Crippen LogP contribution in [0.1, 0.15) is 79.1 Å². The Balaban J connectivity index is 2.55. The number of alkyl halides is 1. The van der Waals surface area contributed by atoms with Crippen LogP contribution in [0.2, 0.25) is 0 Å². The third-order valence-electron chi connectivity index (χ3n) is 5.64. The van der Waals surface area contributed by atoms with Crippen LogP contribution < -0.4 is 0 Å². The second-order valence-electron chi connectivity index (χ2n) is 7.70. The Kier molecular flexibility index (Phi) is 9.02. The van der Waals surface area contributed by atoms with Crippen LogP contribution >= 0.6 is 11.6 Å². The van der Waals surface area contributed by atoms with E-state index in [1.807, 2.05) is 0 Å². The smallest absolute Gasteiger partial charge is 0.0336 e. The van der Waals surface area contributed by atoms with Gasteiger partial charge in [-0.1, -0.05) is 59.5 Å². The van der Waals surface area contributed by atoms with Crippen LogP contribution in [-0.4, -0.2) is 5.38 Å². The maximum atomic E-state index is 6.28. The molecule has 0 bridgehead atoms. The van der Waals surface area contributed by atoms with Crippen molar-refractivity contribution in [1.29, 1.82) is 0 Å². The Labute approximate surface area is 138 Å². The molecule has 0 aliphatic heterocycles. The summed E-state index contributed by atoms with van der Waals surface area (Å²) >= 11 is 6.28. The third kappa shape index (κ3) is 6.35. The van der Waals surface area contributed by atoms with Gasteiger partial charge in [-0.05, 0) is 55.3 Å². The fourth-order valence-corrected chi connectivity index (χ4v) is 4.55. The monoisotopic (exact) mass is 312 g/mol. The third-order valence-corrected chi connectivity index (χ3v) is 6.08. The summed E-state index contributed by atoms with van der Waals surface area (Å²) in [5.74, 6) is 4.00. The summed E-state index contributed by atoms with van der Waals surface area (Å²) < 4.78 is 0. The summed E-state index contributed by atoms with van der Waals surface area (Å²) in [5, 5.41) is 0.435. The van der Waals surface area contributed by atoms with E-state index in [1.54, 1.807) is 0 Å². The molecule has 0 spiro atoms. The number of allylic oxidation sites excluding steroid dienone is 1. The van der Waals surface area contributed by atoms with E-state index in [9.17, 15) is 0 Å². The number of hydrogen-bond acceptors (Lipinski definition) is 0. The molecule has 0 heterocycles. The van der Waals surface area contributed by atoms with Crippen molar-refractivity contribution in [1.82, 2.24) is 0 Å². The minimum atomic E-state index is 0.435. The van der Waals surface area contributed by atoms with E-state index in [4.69, 9.17) is 11.6 Å². The van der Waals surface area contributed by atoms with Crippen molar-refractivity contribution in [2.24, 2.45) is 29.6 Å². The molecule has 0 aromatic carbocycles. The zero-order valence-corrected chi connectivity index (χ0v) is 15.5. The van der Waals surface area contributed by atoms with Gasteiger partial charge in [0, 0.05) is 5.38 Å². The zero-order chi connectivity index (χ0) is 15.8. The van der Waals surface area contributed by atoms with Gasteiger partial charge >= 0.3 is 0 Å². The first-order valence-corrected chi connectivity index (χ1v) is 9.69. The van der Waals surface area contributed by atoms with Crippen LogP contribution in [0.3, 0.4) is 0 Å². The number of hydrogen-bond donors (Lipinski definition) is 0. The lowest BCUT2D eigenvalue weighted by atomic mass is 9.68. The van der Waals surface area contributed by atoms with E-state index < -0.39 is 0 Å². The van der Waals surface area contributed by atoms with E-state index in [-0.39, 0.29) is 0 Å². The van der Waals surface area contributed by atoms with Gasteiger partial charge in [-0.3, -0.25) is 0 Å². The highest BCUT2D eigenvalue weighted by molar-refractivity contribution is 6.20. The normalized spacial score (nSPS) is 27.3. The predicted molar refractivity (Wildman–Crippen MR) is 96.9 cm³/mol. The Hall–Kier alpha value is 0.0300. The largest absolute Gasteiger partial charge is 0.123 e. The van der Waals surface area contributed by atoms with Crippen LogP contribution in [-0.2, 0) is 0 Å². The molecule has 1 saturated carbocycles. The molecule has 0 amide bonds. The van der Waals surface area contributed by atoms with Crippen molar-refractivity contribution in [3.63, 3.8) is 0 Å². The highest BCUT2D eigenvalue weighted by Gasteiger charge is 2.32. The molecular formula is C20H37Cl. The Morgan fingerprint density at radius 1 is 1.10 bits per heavy atom. The first kappa shape index (κ1) is 19.1. The molecule has 0 aromatic heterocycles. The van der Waals surface area contributed by atoms with E-state index in [0.717, 1.165) is 23.7 Å². The average Bonchev–Trinajstić information content (AvgIpc) is 2.45. The van der Waals surface area contributed by atoms with Gasteiger partial charge in [-0.15, -0.1) is 18.2 Å². The first-order valence-electron chi connectivity index (χ1n) is 9.26.